The van der Waals surface area contributed by atoms with Gasteiger partial charge in [-0.1, -0.05) is 37.3 Å². The second kappa shape index (κ2) is 5.84. The van der Waals surface area contributed by atoms with Crippen molar-refractivity contribution < 1.29 is 9.59 Å². The van der Waals surface area contributed by atoms with Gasteiger partial charge in [0.25, 0.3) is 0 Å². The molecular formula is C14H19N3O2. The van der Waals surface area contributed by atoms with Crippen molar-refractivity contribution >= 4 is 11.8 Å². The molecular weight excluding hydrogens is 242 g/mol. The van der Waals surface area contributed by atoms with Gasteiger partial charge in [0.05, 0.1) is 0 Å². The molecule has 3 N–H and O–H groups in total. The zero-order chi connectivity index (χ0) is 13.8. The van der Waals surface area contributed by atoms with Crippen molar-refractivity contribution in [3.63, 3.8) is 0 Å². The summed E-state index contributed by atoms with van der Waals surface area (Å²) in [6.07, 6.45) is 0.596. The number of hydrogen-bond donors (Lipinski definition) is 2. The highest BCUT2D eigenvalue weighted by Crippen LogP contribution is 2.17. The van der Waals surface area contributed by atoms with Crippen LogP contribution in [0.5, 0.6) is 0 Å². The largest absolute Gasteiger partial charge is 0.353 e. The molecule has 0 radical (unpaired) electrons. The van der Waals surface area contributed by atoms with E-state index in [-0.39, 0.29) is 11.8 Å². The minimum atomic E-state index is -0.707. The van der Waals surface area contributed by atoms with E-state index in [0.717, 1.165) is 5.56 Å². The zero-order valence-electron chi connectivity index (χ0n) is 11.0. The van der Waals surface area contributed by atoms with E-state index in [0.29, 0.717) is 19.5 Å². The van der Waals surface area contributed by atoms with Crippen molar-refractivity contribution in [1.82, 2.24) is 10.2 Å². The quantitative estimate of drug-likeness (QED) is 0.828. The van der Waals surface area contributed by atoms with Crippen LogP contribution in [0.4, 0.5) is 0 Å². The minimum absolute atomic E-state index is 0.0950. The van der Waals surface area contributed by atoms with Gasteiger partial charge in [0.15, 0.2) is 0 Å². The Morgan fingerprint density at radius 2 is 2.16 bits per heavy atom. The number of nitrogens with two attached hydrogens (primary N) is 1. The average molecular weight is 261 g/mol. The van der Waals surface area contributed by atoms with Crippen LogP contribution >= 0.6 is 0 Å². The third-order valence-corrected chi connectivity index (χ3v) is 3.43. The first-order valence-corrected chi connectivity index (χ1v) is 6.54. The van der Waals surface area contributed by atoms with Gasteiger partial charge in [0.2, 0.25) is 11.8 Å². The lowest BCUT2D eigenvalue weighted by molar-refractivity contribution is -0.144. The van der Waals surface area contributed by atoms with E-state index in [1.54, 1.807) is 4.90 Å². The number of piperazine rings is 1. The van der Waals surface area contributed by atoms with Gasteiger partial charge in [-0.15, -0.1) is 0 Å². The Kier molecular flexibility index (Phi) is 4.16. The van der Waals surface area contributed by atoms with Crippen LogP contribution in [0, 0.1) is 0 Å². The van der Waals surface area contributed by atoms with Crippen molar-refractivity contribution in [3.8, 4) is 0 Å². The summed E-state index contributed by atoms with van der Waals surface area (Å²) in [5, 5.41) is 2.77. The van der Waals surface area contributed by atoms with E-state index >= 15 is 0 Å². The van der Waals surface area contributed by atoms with Crippen LogP contribution in [0.2, 0.25) is 0 Å². The lowest BCUT2D eigenvalue weighted by Crippen LogP contribution is -2.58. The number of hydrogen-bond acceptors (Lipinski definition) is 3. The Bertz CT molecular complexity index is 461. The number of amides is 2. The second-order valence-corrected chi connectivity index (χ2v) is 4.64. The fourth-order valence-corrected chi connectivity index (χ4v) is 2.37. The van der Waals surface area contributed by atoms with Gasteiger partial charge < -0.3 is 16.0 Å². The molecule has 1 aliphatic rings. The summed E-state index contributed by atoms with van der Waals surface area (Å²) in [6.45, 7) is 2.90. The van der Waals surface area contributed by atoms with Crippen molar-refractivity contribution in [2.45, 2.75) is 25.4 Å². The molecule has 1 saturated heterocycles. The summed E-state index contributed by atoms with van der Waals surface area (Å²) in [5.74, 6) is -0.282. The number of carbonyl (C=O) groups is 2. The minimum Gasteiger partial charge on any atom is -0.353 e. The number of rotatable bonds is 3. The normalized spacial score (nSPS) is 20.8. The summed E-state index contributed by atoms with van der Waals surface area (Å²) in [5.41, 5.74) is 6.78. The number of nitrogens with one attached hydrogen (secondary N) is 1. The van der Waals surface area contributed by atoms with E-state index in [1.807, 2.05) is 37.3 Å². The summed E-state index contributed by atoms with van der Waals surface area (Å²) < 4.78 is 0. The highest BCUT2D eigenvalue weighted by atomic mass is 16.2. The summed E-state index contributed by atoms with van der Waals surface area (Å²) >= 11 is 0. The van der Waals surface area contributed by atoms with Gasteiger partial charge in [-0.3, -0.25) is 9.59 Å². The van der Waals surface area contributed by atoms with E-state index < -0.39 is 12.1 Å². The lowest BCUT2D eigenvalue weighted by atomic mass is 10.0. The molecule has 2 amide bonds. The molecule has 0 bridgehead atoms. The topological polar surface area (TPSA) is 75.4 Å². The molecule has 1 fully saturated rings. The highest BCUT2D eigenvalue weighted by Gasteiger charge is 2.34. The van der Waals surface area contributed by atoms with Crippen LogP contribution in [0.25, 0.3) is 0 Å². The van der Waals surface area contributed by atoms with Crippen LogP contribution in [-0.2, 0) is 9.59 Å². The van der Waals surface area contributed by atoms with Crippen LogP contribution in [0.15, 0.2) is 30.3 Å². The average Bonchev–Trinajstić information content (AvgIpc) is 2.46. The standard InChI is InChI=1S/C14H19N3O2/c1-2-11-13(18)16-8-9-17(11)14(19)12(15)10-6-4-3-5-7-10/h3-7,11-12H,2,8-9,15H2,1H3,(H,16,18)/t11?,12-/m1/s1. The van der Waals surface area contributed by atoms with E-state index in [1.165, 1.54) is 0 Å². The van der Waals surface area contributed by atoms with Crippen LogP contribution in [-0.4, -0.2) is 35.8 Å². The molecule has 0 spiro atoms. The summed E-state index contributed by atoms with van der Waals surface area (Å²) in [4.78, 5) is 25.8. The first-order chi connectivity index (χ1) is 9.15. The molecule has 102 valence electrons. The molecule has 1 aliphatic heterocycles. The maximum absolute atomic E-state index is 12.4. The summed E-state index contributed by atoms with van der Waals surface area (Å²) in [7, 11) is 0. The molecule has 2 rings (SSSR count). The van der Waals surface area contributed by atoms with Crippen LogP contribution < -0.4 is 11.1 Å². The smallest absolute Gasteiger partial charge is 0.244 e. The van der Waals surface area contributed by atoms with Crippen molar-refractivity contribution in [2.24, 2.45) is 5.73 Å². The molecule has 2 atom stereocenters. The highest BCUT2D eigenvalue weighted by molar-refractivity contribution is 5.91. The van der Waals surface area contributed by atoms with Crippen molar-refractivity contribution in [3.05, 3.63) is 35.9 Å². The van der Waals surface area contributed by atoms with E-state index in [9.17, 15) is 9.59 Å². The molecule has 0 aromatic heterocycles. The van der Waals surface area contributed by atoms with Gasteiger partial charge in [-0.2, -0.15) is 0 Å². The molecule has 1 unspecified atom stereocenters. The third kappa shape index (κ3) is 2.76. The lowest BCUT2D eigenvalue weighted by Gasteiger charge is -2.36. The Morgan fingerprint density at radius 1 is 1.47 bits per heavy atom. The molecule has 19 heavy (non-hydrogen) atoms. The molecule has 1 aromatic carbocycles. The Hall–Kier alpha value is -1.88. The first-order valence-electron chi connectivity index (χ1n) is 6.54. The third-order valence-electron chi connectivity index (χ3n) is 3.43. The molecule has 0 saturated carbocycles. The van der Waals surface area contributed by atoms with Gasteiger partial charge in [0.1, 0.15) is 12.1 Å². The Balaban J connectivity index is 2.16. The van der Waals surface area contributed by atoms with Gasteiger partial charge in [-0.05, 0) is 12.0 Å². The monoisotopic (exact) mass is 261 g/mol. The summed E-state index contributed by atoms with van der Waals surface area (Å²) in [6, 6.07) is 8.12. The molecule has 5 heteroatoms. The first kappa shape index (κ1) is 13.5. The maximum atomic E-state index is 12.4. The molecule has 0 aliphatic carbocycles. The predicted octanol–water partition coefficient (Wildman–Crippen LogP) is 0.423. The SMILES string of the molecule is CCC1C(=O)NCCN1C(=O)[C@H](N)c1ccccc1. The number of nitrogens with zero attached hydrogens (tertiary/aromatic N) is 1. The fourth-order valence-electron chi connectivity index (χ4n) is 2.37. The van der Waals surface area contributed by atoms with Gasteiger partial charge in [-0.25, -0.2) is 0 Å². The molecule has 1 aromatic rings. The van der Waals surface area contributed by atoms with Crippen molar-refractivity contribution in [2.75, 3.05) is 13.1 Å². The van der Waals surface area contributed by atoms with Gasteiger partial charge >= 0.3 is 0 Å². The van der Waals surface area contributed by atoms with Crippen molar-refractivity contribution in [1.29, 1.82) is 0 Å². The molecule has 1 heterocycles. The zero-order valence-corrected chi connectivity index (χ0v) is 11.0. The fraction of sp³-hybridized carbons (Fsp3) is 0.429. The Labute approximate surface area is 112 Å². The van der Waals surface area contributed by atoms with Crippen LogP contribution in [0.1, 0.15) is 24.9 Å². The Morgan fingerprint density at radius 3 is 2.79 bits per heavy atom. The van der Waals surface area contributed by atoms with E-state index in [2.05, 4.69) is 5.32 Å². The second-order valence-electron chi connectivity index (χ2n) is 4.64. The van der Waals surface area contributed by atoms with E-state index in [4.69, 9.17) is 5.73 Å². The maximum Gasteiger partial charge on any atom is 0.244 e. The molecule has 5 nitrogen and oxygen atoms in total. The predicted molar refractivity (Wildman–Crippen MR) is 72.2 cm³/mol. The van der Waals surface area contributed by atoms with Gasteiger partial charge in [0, 0.05) is 13.1 Å². The number of carbonyl (C=O) groups excluding carboxylic acids is 2. The number of benzene rings is 1. The van der Waals surface area contributed by atoms with Crippen LogP contribution in [0.3, 0.4) is 0 Å².